The summed E-state index contributed by atoms with van der Waals surface area (Å²) in [7, 11) is 2.04. The zero-order valence-electron chi connectivity index (χ0n) is 8.93. The highest BCUT2D eigenvalue weighted by Crippen LogP contribution is 2.34. The number of hydrogen-bond donors (Lipinski definition) is 1. The average Bonchev–Trinajstić information content (AvgIpc) is 2.62. The molecule has 0 saturated heterocycles. The number of benzene rings is 1. The average molecular weight is 187 g/mol. The maximum Gasteiger partial charge on any atom is 0.0323 e. The van der Waals surface area contributed by atoms with Crippen LogP contribution in [-0.2, 0) is 6.42 Å². The minimum absolute atomic E-state index is 0.558. The molecule has 0 amide bonds. The van der Waals surface area contributed by atoms with E-state index in [4.69, 9.17) is 0 Å². The van der Waals surface area contributed by atoms with Gasteiger partial charge in [0.1, 0.15) is 0 Å². The van der Waals surface area contributed by atoms with Crippen molar-refractivity contribution in [1.82, 2.24) is 5.32 Å². The Kier molecular flexibility index (Phi) is 2.42. The molecule has 0 aromatic heterocycles. The maximum absolute atomic E-state index is 3.84. The van der Waals surface area contributed by atoms with Gasteiger partial charge in [-0.2, -0.15) is 0 Å². The highest BCUT2D eigenvalue weighted by molar-refractivity contribution is 5.57. The standard InChI is InChI=1S/C13H17N/c1-4-10-5-6-12-11(9(10)2)7-8-13(12)14-3/h4-6,13-14H,1,7-8H2,2-3H3/t13-/m0/s1. The molecule has 1 aliphatic carbocycles. The first-order chi connectivity index (χ1) is 6.77. The van der Waals surface area contributed by atoms with Gasteiger partial charge in [0.25, 0.3) is 0 Å². The lowest BCUT2D eigenvalue weighted by Crippen LogP contribution is -2.12. The maximum atomic E-state index is 3.84. The Hall–Kier alpha value is -1.08. The highest BCUT2D eigenvalue weighted by Gasteiger charge is 2.22. The molecule has 0 radical (unpaired) electrons. The zero-order valence-corrected chi connectivity index (χ0v) is 8.93. The Balaban J connectivity index is 2.51. The predicted molar refractivity (Wildman–Crippen MR) is 61.4 cm³/mol. The third-order valence-corrected chi connectivity index (χ3v) is 3.30. The number of hydrogen-bond acceptors (Lipinski definition) is 1. The minimum Gasteiger partial charge on any atom is -0.313 e. The molecule has 1 nitrogen and oxygen atoms in total. The highest BCUT2D eigenvalue weighted by atomic mass is 14.9. The Morgan fingerprint density at radius 1 is 1.50 bits per heavy atom. The summed E-state index contributed by atoms with van der Waals surface area (Å²) in [5.41, 5.74) is 5.70. The molecule has 1 N–H and O–H groups in total. The third-order valence-electron chi connectivity index (χ3n) is 3.30. The van der Waals surface area contributed by atoms with Crippen molar-refractivity contribution in [2.75, 3.05) is 7.05 Å². The van der Waals surface area contributed by atoms with Gasteiger partial charge in [-0.15, -0.1) is 0 Å². The van der Waals surface area contributed by atoms with Crippen LogP contribution in [0.2, 0.25) is 0 Å². The molecule has 1 atom stereocenters. The van der Waals surface area contributed by atoms with Crippen molar-refractivity contribution in [2.24, 2.45) is 0 Å². The van der Waals surface area contributed by atoms with E-state index in [1.807, 2.05) is 13.1 Å². The molecule has 1 aromatic carbocycles. The van der Waals surface area contributed by atoms with Gasteiger partial charge in [-0.1, -0.05) is 24.8 Å². The van der Waals surface area contributed by atoms with Crippen LogP contribution in [-0.4, -0.2) is 7.05 Å². The van der Waals surface area contributed by atoms with Gasteiger partial charge in [0.2, 0.25) is 0 Å². The van der Waals surface area contributed by atoms with Crippen LogP contribution in [0, 0.1) is 6.92 Å². The van der Waals surface area contributed by atoms with E-state index in [0.29, 0.717) is 6.04 Å². The summed E-state index contributed by atoms with van der Waals surface area (Å²) < 4.78 is 0. The quantitative estimate of drug-likeness (QED) is 0.750. The molecular formula is C13H17N. The van der Waals surface area contributed by atoms with Crippen molar-refractivity contribution in [2.45, 2.75) is 25.8 Å². The Labute approximate surface area is 85.8 Å². The largest absolute Gasteiger partial charge is 0.313 e. The van der Waals surface area contributed by atoms with Crippen LogP contribution < -0.4 is 5.32 Å². The van der Waals surface area contributed by atoms with Crippen LogP contribution >= 0.6 is 0 Å². The van der Waals surface area contributed by atoms with E-state index >= 15 is 0 Å². The van der Waals surface area contributed by atoms with Crippen molar-refractivity contribution < 1.29 is 0 Å². The van der Waals surface area contributed by atoms with E-state index in [1.54, 1.807) is 0 Å². The second kappa shape index (κ2) is 3.58. The van der Waals surface area contributed by atoms with E-state index in [9.17, 15) is 0 Å². The lowest BCUT2D eigenvalue weighted by molar-refractivity contribution is 0.590. The SMILES string of the molecule is C=Cc1ccc2c(c1C)CC[C@@H]2NC. The van der Waals surface area contributed by atoms with E-state index in [2.05, 4.69) is 31.0 Å². The summed E-state index contributed by atoms with van der Waals surface area (Å²) in [6.07, 6.45) is 4.38. The van der Waals surface area contributed by atoms with Gasteiger partial charge in [-0.05, 0) is 49.1 Å². The summed E-state index contributed by atoms with van der Waals surface area (Å²) in [6.45, 7) is 6.04. The van der Waals surface area contributed by atoms with Gasteiger partial charge in [0, 0.05) is 6.04 Å². The van der Waals surface area contributed by atoms with Crippen molar-refractivity contribution >= 4 is 6.08 Å². The lowest BCUT2D eigenvalue weighted by Gasteiger charge is -2.12. The van der Waals surface area contributed by atoms with Gasteiger partial charge >= 0.3 is 0 Å². The molecule has 14 heavy (non-hydrogen) atoms. The van der Waals surface area contributed by atoms with Crippen LogP contribution in [0.25, 0.3) is 6.08 Å². The Morgan fingerprint density at radius 2 is 2.29 bits per heavy atom. The first-order valence-electron chi connectivity index (χ1n) is 5.20. The van der Waals surface area contributed by atoms with Crippen molar-refractivity contribution in [1.29, 1.82) is 0 Å². The van der Waals surface area contributed by atoms with Gasteiger partial charge < -0.3 is 5.32 Å². The van der Waals surface area contributed by atoms with Crippen molar-refractivity contribution in [3.05, 3.63) is 41.0 Å². The predicted octanol–water partition coefficient (Wildman–Crippen LogP) is 2.84. The zero-order chi connectivity index (χ0) is 10.1. The number of fused-ring (bicyclic) bond motifs is 1. The third kappa shape index (κ3) is 1.28. The molecule has 0 aliphatic heterocycles. The summed E-state index contributed by atoms with van der Waals surface area (Å²) in [5.74, 6) is 0. The molecule has 0 bridgehead atoms. The van der Waals surface area contributed by atoms with Gasteiger partial charge in [-0.3, -0.25) is 0 Å². The van der Waals surface area contributed by atoms with Crippen molar-refractivity contribution in [3.8, 4) is 0 Å². The smallest absolute Gasteiger partial charge is 0.0323 e. The van der Waals surface area contributed by atoms with Crippen LogP contribution in [0.5, 0.6) is 0 Å². The molecule has 1 heteroatoms. The normalized spacial score (nSPS) is 19.4. The van der Waals surface area contributed by atoms with Gasteiger partial charge in [0.15, 0.2) is 0 Å². The molecule has 2 rings (SSSR count). The molecule has 0 spiro atoms. The van der Waals surface area contributed by atoms with E-state index in [-0.39, 0.29) is 0 Å². The number of rotatable bonds is 2. The molecule has 74 valence electrons. The molecule has 1 aromatic rings. The molecule has 0 fully saturated rings. The summed E-state index contributed by atoms with van der Waals surface area (Å²) in [4.78, 5) is 0. The number of nitrogens with one attached hydrogen (secondary N) is 1. The van der Waals surface area contributed by atoms with Gasteiger partial charge in [0.05, 0.1) is 0 Å². The Bertz CT molecular complexity index is 366. The van der Waals surface area contributed by atoms with Crippen LogP contribution in [0.1, 0.15) is 34.7 Å². The van der Waals surface area contributed by atoms with E-state index in [1.165, 1.54) is 35.1 Å². The first kappa shape index (κ1) is 9.47. The summed E-state index contributed by atoms with van der Waals surface area (Å²) >= 11 is 0. The fourth-order valence-corrected chi connectivity index (χ4v) is 2.42. The van der Waals surface area contributed by atoms with E-state index in [0.717, 1.165) is 0 Å². The molecule has 0 unspecified atom stereocenters. The fourth-order valence-electron chi connectivity index (χ4n) is 2.42. The van der Waals surface area contributed by atoms with E-state index < -0.39 is 0 Å². The fraction of sp³-hybridized carbons (Fsp3) is 0.385. The molecule has 0 heterocycles. The van der Waals surface area contributed by atoms with Gasteiger partial charge in [-0.25, -0.2) is 0 Å². The molecular weight excluding hydrogens is 170 g/mol. The molecule has 0 saturated carbocycles. The van der Waals surface area contributed by atoms with Crippen molar-refractivity contribution in [3.63, 3.8) is 0 Å². The lowest BCUT2D eigenvalue weighted by atomic mass is 9.98. The minimum atomic E-state index is 0.558. The second-order valence-corrected chi connectivity index (χ2v) is 3.93. The van der Waals surface area contributed by atoms with Crippen LogP contribution in [0.15, 0.2) is 18.7 Å². The topological polar surface area (TPSA) is 12.0 Å². The first-order valence-corrected chi connectivity index (χ1v) is 5.20. The molecule has 1 aliphatic rings. The summed E-state index contributed by atoms with van der Waals surface area (Å²) in [6, 6.07) is 4.98. The second-order valence-electron chi connectivity index (χ2n) is 3.93. The van der Waals surface area contributed by atoms with Crippen LogP contribution in [0.4, 0.5) is 0 Å². The summed E-state index contributed by atoms with van der Waals surface area (Å²) in [5, 5.41) is 3.36. The Morgan fingerprint density at radius 3 is 2.93 bits per heavy atom. The monoisotopic (exact) mass is 187 g/mol. The van der Waals surface area contributed by atoms with Crippen LogP contribution in [0.3, 0.4) is 0 Å².